The van der Waals surface area contributed by atoms with E-state index in [1.54, 1.807) is 18.2 Å². The van der Waals surface area contributed by atoms with Crippen LogP contribution in [-0.4, -0.2) is 41.3 Å². The molecule has 1 aromatic carbocycles. The number of halogens is 1. The minimum absolute atomic E-state index is 0.298. The van der Waals surface area contributed by atoms with E-state index >= 15 is 0 Å². The van der Waals surface area contributed by atoms with Crippen molar-refractivity contribution in [2.45, 2.75) is 25.8 Å². The van der Waals surface area contributed by atoms with Gasteiger partial charge in [0.2, 0.25) is 11.7 Å². The normalized spacial score (nSPS) is 25.3. The Kier molecular flexibility index (Phi) is 3.87. The number of ether oxygens (including phenoxy) is 1. The first-order valence-electron chi connectivity index (χ1n) is 8.12. The Morgan fingerprint density at radius 1 is 1.26 bits per heavy atom. The highest BCUT2D eigenvalue weighted by molar-refractivity contribution is 5.54. The average Bonchev–Trinajstić information content (AvgIpc) is 3.17. The summed E-state index contributed by atoms with van der Waals surface area (Å²) in [4.78, 5) is 6.67. The van der Waals surface area contributed by atoms with E-state index in [0.717, 1.165) is 39.1 Å². The zero-order valence-corrected chi connectivity index (χ0v) is 13.0. The van der Waals surface area contributed by atoms with Gasteiger partial charge in [-0.15, -0.1) is 0 Å². The molecule has 1 aromatic heterocycles. The van der Waals surface area contributed by atoms with E-state index < -0.39 is 0 Å². The first-order valence-corrected chi connectivity index (χ1v) is 8.12. The Balaban J connectivity index is 1.44. The molecule has 2 aliphatic rings. The third kappa shape index (κ3) is 3.01. The summed E-state index contributed by atoms with van der Waals surface area (Å²) in [5.74, 6) is 0.518. The fourth-order valence-corrected chi connectivity index (χ4v) is 3.66. The molecule has 2 fully saturated rings. The molecule has 2 aliphatic heterocycles. The summed E-state index contributed by atoms with van der Waals surface area (Å²) < 4.78 is 24.8. The van der Waals surface area contributed by atoms with Crippen LogP contribution in [0.1, 0.15) is 25.2 Å². The Bertz CT molecular complexity index is 682. The summed E-state index contributed by atoms with van der Waals surface area (Å²) in [6, 6.07) is 6.48. The average molecular weight is 317 g/mol. The van der Waals surface area contributed by atoms with Gasteiger partial charge in [0.15, 0.2) is 0 Å². The summed E-state index contributed by atoms with van der Waals surface area (Å²) in [5.41, 5.74) is 0.674. The lowest BCUT2D eigenvalue weighted by molar-refractivity contribution is -0.00288. The topological polar surface area (TPSA) is 51.4 Å². The van der Waals surface area contributed by atoms with Crippen LogP contribution in [0, 0.1) is 11.2 Å². The van der Waals surface area contributed by atoms with Crippen LogP contribution in [0.4, 0.5) is 4.39 Å². The number of rotatable bonds is 3. The minimum Gasteiger partial charge on any atom is -0.381 e. The second kappa shape index (κ2) is 6.02. The molecule has 0 amide bonds. The fourth-order valence-electron chi connectivity index (χ4n) is 3.66. The molecule has 0 N–H and O–H groups in total. The molecule has 0 saturated carbocycles. The number of likely N-dealkylation sites (tertiary alicyclic amines) is 1. The van der Waals surface area contributed by atoms with Crippen molar-refractivity contribution in [3.8, 4) is 11.4 Å². The highest BCUT2D eigenvalue weighted by Gasteiger charge is 2.39. The Labute approximate surface area is 134 Å². The molecular formula is C17H20FN3O2. The van der Waals surface area contributed by atoms with Gasteiger partial charge in [-0.05, 0) is 37.9 Å². The van der Waals surface area contributed by atoms with Crippen molar-refractivity contribution < 1.29 is 13.7 Å². The second-order valence-corrected chi connectivity index (χ2v) is 6.61. The van der Waals surface area contributed by atoms with Crippen LogP contribution in [-0.2, 0) is 11.3 Å². The fraction of sp³-hybridized carbons (Fsp3) is 0.529. The molecule has 5 nitrogen and oxygen atoms in total. The van der Waals surface area contributed by atoms with Gasteiger partial charge in [0.05, 0.1) is 18.7 Å². The molecule has 4 rings (SSSR count). The van der Waals surface area contributed by atoms with Gasteiger partial charge >= 0.3 is 0 Å². The SMILES string of the molecule is Fc1ccccc1-c1noc(CN2CCC3(CCCOC3)C2)n1. The summed E-state index contributed by atoms with van der Waals surface area (Å²) in [6.45, 7) is 4.37. The van der Waals surface area contributed by atoms with Crippen molar-refractivity contribution in [1.82, 2.24) is 15.0 Å². The molecule has 122 valence electrons. The van der Waals surface area contributed by atoms with Gasteiger partial charge in [0.1, 0.15) is 5.82 Å². The van der Waals surface area contributed by atoms with Crippen LogP contribution >= 0.6 is 0 Å². The molecule has 1 unspecified atom stereocenters. The van der Waals surface area contributed by atoms with Crippen molar-refractivity contribution in [2.75, 3.05) is 26.3 Å². The summed E-state index contributed by atoms with van der Waals surface area (Å²) in [7, 11) is 0. The molecule has 1 spiro atoms. The van der Waals surface area contributed by atoms with E-state index in [0.29, 0.717) is 29.2 Å². The molecule has 1 atom stereocenters. The van der Waals surface area contributed by atoms with E-state index in [9.17, 15) is 4.39 Å². The predicted molar refractivity (Wildman–Crippen MR) is 82.1 cm³/mol. The van der Waals surface area contributed by atoms with E-state index in [-0.39, 0.29) is 5.82 Å². The predicted octanol–water partition coefficient (Wildman–Crippen LogP) is 2.88. The van der Waals surface area contributed by atoms with Crippen molar-refractivity contribution >= 4 is 0 Å². The van der Waals surface area contributed by atoms with Gasteiger partial charge in [-0.25, -0.2) is 4.39 Å². The third-order valence-electron chi connectivity index (χ3n) is 4.86. The van der Waals surface area contributed by atoms with E-state index in [1.807, 2.05) is 0 Å². The van der Waals surface area contributed by atoms with Gasteiger partial charge in [0.25, 0.3) is 0 Å². The highest BCUT2D eigenvalue weighted by atomic mass is 19.1. The number of benzene rings is 1. The van der Waals surface area contributed by atoms with Gasteiger partial charge < -0.3 is 9.26 Å². The number of hydrogen-bond donors (Lipinski definition) is 0. The Morgan fingerprint density at radius 2 is 2.17 bits per heavy atom. The van der Waals surface area contributed by atoms with Crippen LogP contribution in [0.5, 0.6) is 0 Å². The monoisotopic (exact) mass is 317 g/mol. The summed E-state index contributed by atoms with van der Waals surface area (Å²) in [6.07, 6.45) is 3.53. The lowest BCUT2D eigenvalue weighted by Gasteiger charge is -2.33. The maximum Gasteiger partial charge on any atom is 0.241 e. The number of hydrogen-bond acceptors (Lipinski definition) is 5. The minimum atomic E-state index is -0.334. The smallest absolute Gasteiger partial charge is 0.241 e. The lowest BCUT2D eigenvalue weighted by atomic mass is 9.82. The van der Waals surface area contributed by atoms with Gasteiger partial charge in [-0.1, -0.05) is 17.3 Å². The highest BCUT2D eigenvalue weighted by Crippen LogP contribution is 2.38. The van der Waals surface area contributed by atoms with Gasteiger partial charge in [-0.3, -0.25) is 4.90 Å². The third-order valence-corrected chi connectivity index (χ3v) is 4.86. The summed E-state index contributed by atoms with van der Waals surface area (Å²) >= 11 is 0. The molecule has 0 radical (unpaired) electrons. The van der Waals surface area contributed by atoms with Crippen molar-refractivity contribution in [2.24, 2.45) is 5.41 Å². The zero-order chi connectivity index (χ0) is 15.7. The maximum atomic E-state index is 13.8. The Morgan fingerprint density at radius 3 is 3.00 bits per heavy atom. The number of aromatic nitrogens is 2. The van der Waals surface area contributed by atoms with Crippen molar-refractivity contribution in [1.29, 1.82) is 0 Å². The second-order valence-electron chi connectivity index (χ2n) is 6.61. The molecule has 6 heteroatoms. The molecule has 2 aromatic rings. The van der Waals surface area contributed by atoms with Crippen LogP contribution in [0.25, 0.3) is 11.4 Å². The molecule has 0 aliphatic carbocycles. The molecule has 2 saturated heterocycles. The first kappa shape index (κ1) is 14.8. The molecule has 0 bridgehead atoms. The zero-order valence-electron chi connectivity index (χ0n) is 13.0. The van der Waals surface area contributed by atoms with Crippen LogP contribution in [0.3, 0.4) is 0 Å². The van der Waals surface area contributed by atoms with Gasteiger partial charge in [0, 0.05) is 18.6 Å². The lowest BCUT2D eigenvalue weighted by Crippen LogP contribution is -2.34. The quantitative estimate of drug-likeness (QED) is 0.871. The Hall–Kier alpha value is -1.79. The standard InChI is InChI=1S/C17H20FN3O2/c18-14-5-2-1-4-13(14)16-19-15(23-20-16)10-21-8-7-17(11-21)6-3-9-22-12-17/h1-2,4-5H,3,6-12H2. The largest absolute Gasteiger partial charge is 0.381 e. The van der Waals surface area contributed by atoms with Crippen LogP contribution in [0.2, 0.25) is 0 Å². The van der Waals surface area contributed by atoms with E-state index in [1.165, 1.54) is 12.5 Å². The van der Waals surface area contributed by atoms with Crippen LogP contribution in [0.15, 0.2) is 28.8 Å². The first-order chi connectivity index (χ1) is 11.2. The van der Waals surface area contributed by atoms with Gasteiger partial charge in [-0.2, -0.15) is 4.98 Å². The van der Waals surface area contributed by atoms with Crippen molar-refractivity contribution in [3.63, 3.8) is 0 Å². The van der Waals surface area contributed by atoms with Crippen LogP contribution < -0.4 is 0 Å². The molecule has 23 heavy (non-hydrogen) atoms. The van der Waals surface area contributed by atoms with E-state index in [4.69, 9.17) is 9.26 Å². The molecular weight excluding hydrogens is 297 g/mol. The number of nitrogens with zero attached hydrogens (tertiary/aromatic N) is 3. The van der Waals surface area contributed by atoms with Crippen molar-refractivity contribution in [3.05, 3.63) is 36.0 Å². The van der Waals surface area contributed by atoms with E-state index in [2.05, 4.69) is 15.0 Å². The maximum absolute atomic E-state index is 13.8. The molecule has 3 heterocycles. The summed E-state index contributed by atoms with van der Waals surface area (Å²) in [5, 5.41) is 3.92.